The van der Waals surface area contributed by atoms with Crippen molar-refractivity contribution < 1.29 is 77.8 Å². The minimum absolute atomic E-state index is 0.00746. The molecule has 12 N–H and O–H groups in total. The Balaban J connectivity index is 0.621. The molecule has 100 heavy (non-hydrogen) atoms. The number of carbonyl (C=O) groups is 10. The number of carbonyl (C=O) groups excluding carboxylic acids is 6. The molecule has 0 bridgehead atoms. The van der Waals surface area contributed by atoms with Gasteiger partial charge in [0.1, 0.15) is 35.9 Å². The molecule has 31 heteroatoms. The molecule has 3 amide bonds. The van der Waals surface area contributed by atoms with Crippen LogP contribution in [0.5, 0.6) is 5.75 Å². The number of aromatic amines is 3. The number of nitrogen functional groups attached to an aromatic ring is 1. The Morgan fingerprint density at radius 3 is 2.15 bits per heavy atom. The quantitative estimate of drug-likeness (QED) is 0.00440. The molecule has 0 fully saturated rings. The second-order valence-electron chi connectivity index (χ2n) is 23.8. The zero-order valence-corrected chi connectivity index (χ0v) is 55.7. The summed E-state index contributed by atoms with van der Waals surface area (Å²) in [5.74, 6) is -9.76. The number of rotatable bonds is 35. The van der Waals surface area contributed by atoms with E-state index in [1.807, 2.05) is 60.7 Å². The van der Waals surface area contributed by atoms with E-state index < -0.39 is 96.4 Å². The number of aromatic nitrogens is 6. The third-order valence-corrected chi connectivity index (χ3v) is 19.7. The summed E-state index contributed by atoms with van der Waals surface area (Å²) in [4.78, 5) is 163. The number of nitrogens with zero attached hydrogens (tertiary/aromatic N) is 4. The van der Waals surface area contributed by atoms with E-state index in [1.54, 1.807) is 41.3 Å². The summed E-state index contributed by atoms with van der Waals surface area (Å²) in [6, 6.07) is 28.7. The van der Waals surface area contributed by atoms with Crippen LogP contribution in [-0.2, 0) is 46.5 Å². The van der Waals surface area contributed by atoms with Crippen LogP contribution in [0.15, 0.2) is 120 Å². The molecule has 9 aromatic rings. The van der Waals surface area contributed by atoms with Gasteiger partial charge in [0, 0.05) is 100 Å². The minimum atomic E-state index is -1.53. The normalized spacial score (nSPS) is 13.8. The van der Waals surface area contributed by atoms with E-state index in [4.69, 9.17) is 26.8 Å². The lowest BCUT2D eigenvalue weighted by atomic mass is 9.94. The van der Waals surface area contributed by atoms with Gasteiger partial charge in [-0.15, -0.1) is 11.6 Å². The first-order chi connectivity index (χ1) is 48.1. The maximum atomic E-state index is 14.4. The summed E-state index contributed by atoms with van der Waals surface area (Å²) >= 11 is 6.55. The Kier molecular flexibility index (Phi) is 23.8. The van der Waals surface area contributed by atoms with Crippen molar-refractivity contribution in [1.82, 2.24) is 40.5 Å². The molecule has 28 nitrogen and oxygen atoms in total. The average Bonchev–Trinajstić information content (AvgIpc) is 1.56. The first kappa shape index (κ1) is 71.9. The van der Waals surface area contributed by atoms with Gasteiger partial charge in [0.25, 0.3) is 17.4 Å². The lowest BCUT2D eigenvalue weighted by Gasteiger charge is -2.18. The molecule has 5 atom stereocenters. The number of benzene rings is 5. The predicted molar refractivity (Wildman–Crippen MR) is 374 cm³/mol. The Hall–Kier alpha value is -10.8. The summed E-state index contributed by atoms with van der Waals surface area (Å²) < 4.78 is 11.2. The zero-order valence-electron chi connectivity index (χ0n) is 53.3. The van der Waals surface area contributed by atoms with E-state index in [9.17, 15) is 73.2 Å². The van der Waals surface area contributed by atoms with E-state index in [2.05, 4.69) is 45.9 Å². The van der Waals surface area contributed by atoms with Crippen molar-refractivity contribution >= 4 is 154 Å². The number of ketones is 2. The number of unbranched alkanes of at least 4 members (excludes halogenated alkanes) is 1. The lowest BCUT2D eigenvalue weighted by molar-refractivity contribution is -0.145. The monoisotopic (exact) mass is 1420 g/mol. The number of alkyl halides is 1. The van der Waals surface area contributed by atoms with Gasteiger partial charge >= 0.3 is 30.0 Å². The molecule has 0 spiro atoms. The molecular weight excluding hydrogens is 1350 g/mol. The molecule has 4 aromatic heterocycles. The highest BCUT2D eigenvalue weighted by Gasteiger charge is 2.37. The molecule has 0 aliphatic carbocycles. The minimum Gasteiger partial charge on any atom is -0.481 e. The highest BCUT2D eigenvalue weighted by Crippen LogP contribution is 2.46. The zero-order chi connectivity index (χ0) is 71.1. The molecule has 1 aliphatic heterocycles. The van der Waals surface area contributed by atoms with Crippen LogP contribution in [0, 0.1) is 11.8 Å². The van der Waals surface area contributed by atoms with Gasteiger partial charge in [0.15, 0.2) is 16.9 Å². The van der Waals surface area contributed by atoms with Crippen LogP contribution in [0.3, 0.4) is 0 Å². The Morgan fingerprint density at radius 1 is 0.710 bits per heavy atom. The number of ether oxygens (including phenoxy) is 2. The van der Waals surface area contributed by atoms with Crippen molar-refractivity contribution in [1.29, 1.82) is 0 Å². The van der Waals surface area contributed by atoms with Crippen molar-refractivity contribution in [3.63, 3.8) is 0 Å². The fourth-order valence-electron chi connectivity index (χ4n) is 11.7. The number of hydrogen-bond acceptors (Lipinski definition) is 20. The number of halogens is 1. The third kappa shape index (κ3) is 18.3. The number of nitrogens with one attached hydrogen (secondary N) is 6. The Bertz CT molecular complexity index is 4650. The second-order valence-corrected chi connectivity index (χ2v) is 26.8. The maximum absolute atomic E-state index is 14.4. The SMILES string of the molecule is Nc1nc2ncc(CNc3ccc(C(=O)N[C@H](CCC(=O)C[C@H](CCC(=O)N[C@H](CCCC[C@H](CSSCCOC(=O)Oc4cc5c(c6ccccc46)C(CCl)CN5C(=O)c4cc5cc(CC(=O)c6cc7ccccc7[nH]6)ccc5[nH]4)C(=O)O)C(=O)O)C(=O)O)C(=O)O)cc3)nc2c(=O)[nH]1. The first-order valence-electron chi connectivity index (χ1n) is 31.7. The fourth-order valence-corrected chi connectivity index (χ4v) is 14.1. The predicted octanol–water partition coefficient (Wildman–Crippen LogP) is 9.26. The lowest BCUT2D eigenvalue weighted by Crippen LogP contribution is -2.41. The maximum Gasteiger partial charge on any atom is 0.513 e. The van der Waals surface area contributed by atoms with E-state index in [0.717, 1.165) is 32.8 Å². The molecule has 0 radical (unpaired) electrons. The van der Waals surface area contributed by atoms with Crippen molar-refractivity contribution in [3.05, 3.63) is 160 Å². The third-order valence-electron chi connectivity index (χ3n) is 16.8. The van der Waals surface area contributed by atoms with Gasteiger partial charge in [-0.05, 0) is 96.8 Å². The topological polar surface area (TPSA) is 439 Å². The summed E-state index contributed by atoms with van der Waals surface area (Å²) in [6.45, 7) is 0.289. The number of fused-ring (bicyclic) bond motifs is 6. The van der Waals surface area contributed by atoms with Crippen molar-refractivity contribution in [2.75, 3.05) is 46.5 Å². The number of carboxylic acids is 4. The van der Waals surface area contributed by atoms with Gasteiger partial charge in [-0.1, -0.05) is 83.0 Å². The molecule has 5 aromatic carbocycles. The van der Waals surface area contributed by atoms with Crippen LogP contribution in [0.2, 0.25) is 0 Å². The van der Waals surface area contributed by atoms with Crippen LogP contribution in [0.4, 0.5) is 22.1 Å². The smallest absolute Gasteiger partial charge is 0.481 e. The standard InChI is InChI=1S/C69H68ClN11O17S2/c70-31-42-34-81(63(87)53-29-41-25-36(13-20-49(41)76-53)26-55(83)52-28-38-7-1-5-11-48(38)75-52)54-30-56(46-9-3-4-10-47(46)58(42)54)98-69(96)97-23-24-99-100-35-40(65(90)91)8-2-6-12-50(66(92)93)77-57(84)22-16-39(64(88)89)27-45(82)19-21-51(67(94)95)78-61(85)37-14-17-43(18-15-37)72-32-44-33-73-60-59(74-44)62(86)80-68(71)79-60/h1,3-5,7,9-11,13-15,17-18,20,25,28-30,33,39-40,42,50-51,72,75-76H,2,6,8,12,16,19,21-24,26-27,31-32,34-35H2,(H,77,84)(H,78,85)(H,88,89)(H,90,91)(H,92,93)(H,94,95)(H3,71,73,79,80,86)/t39-,40+,42?,50+,51+/m0/s1. The number of carboxylic acid groups (broad SMARTS) is 4. The van der Waals surface area contributed by atoms with Gasteiger partial charge < -0.3 is 66.5 Å². The molecule has 0 saturated heterocycles. The molecule has 1 aliphatic rings. The van der Waals surface area contributed by atoms with Crippen molar-refractivity contribution in [3.8, 4) is 5.75 Å². The molecule has 520 valence electrons. The van der Waals surface area contributed by atoms with Crippen LogP contribution < -0.4 is 36.9 Å². The van der Waals surface area contributed by atoms with Crippen molar-refractivity contribution in [2.24, 2.45) is 11.8 Å². The fraction of sp³-hybridized carbons (Fsp3) is 0.304. The number of Topliss-reactive ketones (excluding diaryl/α,β-unsaturated/α-hetero) is 2. The van der Waals surface area contributed by atoms with E-state index in [0.29, 0.717) is 39.4 Å². The average molecular weight is 1420 g/mol. The first-order valence-corrected chi connectivity index (χ1v) is 34.7. The number of para-hydroxylation sites is 1. The van der Waals surface area contributed by atoms with E-state index in [1.165, 1.54) is 39.9 Å². The van der Waals surface area contributed by atoms with Gasteiger partial charge in [-0.25, -0.2) is 24.4 Å². The van der Waals surface area contributed by atoms with Crippen LogP contribution in [0.1, 0.15) is 112 Å². The van der Waals surface area contributed by atoms with Gasteiger partial charge in [-0.3, -0.25) is 43.3 Å². The second kappa shape index (κ2) is 33.1. The van der Waals surface area contributed by atoms with Gasteiger partial charge in [0.2, 0.25) is 11.9 Å². The van der Waals surface area contributed by atoms with Crippen LogP contribution in [-0.4, -0.2) is 152 Å². The number of anilines is 3. The molecule has 1 unspecified atom stereocenters. The van der Waals surface area contributed by atoms with Crippen LogP contribution >= 0.6 is 33.2 Å². The van der Waals surface area contributed by atoms with Crippen LogP contribution in [0.25, 0.3) is 43.7 Å². The molecule has 5 heterocycles. The number of aliphatic carboxylic acids is 4. The number of nitrogens with two attached hydrogens (primary N) is 1. The number of amides is 3. The summed E-state index contributed by atoms with van der Waals surface area (Å²) in [5, 5.41) is 50.4. The Morgan fingerprint density at radius 2 is 1.41 bits per heavy atom. The summed E-state index contributed by atoms with van der Waals surface area (Å²) in [7, 11) is 2.50. The number of H-pyrrole nitrogens is 3. The number of hydrogen-bond donors (Lipinski definition) is 11. The van der Waals surface area contributed by atoms with E-state index >= 15 is 0 Å². The highest BCUT2D eigenvalue weighted by molar-refractivity contribution is 8.76. The molecule has 10 rings (SSSR count). The van der Waals surface area contributed by atoms with E-state index in [-0.39, 0.29) is 128 Å². The largest absolute Gasteiger partial charge is 0.513 e. The Labute approximate surface area is 581 Å². The highest BCUT2D eigenvalue weighted by atomic mass is 35.5. The summed E-state index contributed by atoms with van der Waals surface area (Å²) in [6.07, 6.45) is -1.09. The molecule has 0 saturated carbocycles. The van der Waals surface area contributed by atoms with Gasteiger partial charge in [0.05, 0.1) is 41.7 Å². The van der Waals surface area contributed by atoms with Crippen molar-refractivity contribution in [2.45, 2.75) is 88.8 Å². The van der Waals surface area contributed by atoms with Gasteiger partial charge in [-0.2, -0.15) is 4.98 Å². The summed E-state index contributed by atoms with van der Waals surface area (Å²) in [5.41, 5.74) is 10.6. The molecular formula is C69H68ClN11O17S2.